The number of nitrogen functional groups attached to an aromatic ring is 1. The number of oxazole rings is 1. The van der Waals surface area contributed by atoms with E-state index in [1.54, 1.807) is 24.4 Å². The Kier molecular flexibility index (Phi) is 4.65. The van der Waals surface area contributed by atoms with Crippen molar-refractivity contribution in [2.75, 3.05) is 5.73 Å². The fraction of sp³-hybridized carbons (Fsp3) is 0.211. The summed E-state index contributed by atoms with van der Waals surface area (Å²) < 4.78 is 5.39. The van der Waals surface area contributed by atoms with Crippen molar-refractivity contribution in [3.63, 3.8) is 0 Å². The largest absolute Gasteiger partial charge is 0.448 e. The molecule has 1 atom stereocenters. The van der Waals surface area contributed by atoms with Crippen LogP contribution in [0.2, 0.25) is 0 Å². The molecule has 0 radical (unpaired) electrons. The molecule has 2 aromatic heterocycles. The van der Waals surface area contributed by atoms with Gasteiger partial charge in [-0.3, -0.25) is 9.59 Å². The van der Waals surface area contributed by atoms with Crippen molar-refractivity contribution in [2.45, 2.75) is 19.3 Å². The summed E-state index contributed by atoms with van der Waals surface area (Å²) in [5.41, 5.74) is 12.2. The van der Waals surface area contributed by atoms with E-state index in [2.05, 4.69) is 18.1 Å². The van der Waals surface area contributed by atoms with Gasteiger partial charge in [-0.2, -0.15) is 0 Å². The summed E-state index contributed by atoms with van der Waals surface area (Å²) in [4.78, 5) is 29.7. The third-order valence-electron chi connectivity index (χ3n) is 4.75. The summed E-state index contributed by atoms with van der Waals surface area (Å²) in [5, 5.41) is 0.277. The number of aromatic nitrogens is 1. The first-order chi connectivity index (χ1) is 12.4. The number of primary amides is 1. The molecule has 1 aliphatic rings. The normalized spacial score (nSPS) is 19.8. The maximum absolute atomic E-state index is 13.5. The lowest BCUT2D eigenvalue weighted by molar-refractivity contribution is 0.0812. The Labute approximate surface area is 154 Å². The van der Waals surface area contributed by atoms with Gasteiger partial charge in [0.15, 0.2) is 12.2 Å². The highest BCUT2D eigenvalue weighted by Gasteiger charge is 2.47. The first-order valence-corrected chi connectivity index (χ1v) is 8.85. The molecule has 0 aromatic carbocycles. The van der Waals surface area contributed by atoms with Gasteiger partial charge >= 0.3 is 0 Å². The van der Waals surface area contributed by atoms with E-state index in [0.717, 1.165) is 16.9 Å². The minimum absolute atomic E-state index is 0.118. The van der Waals surface area contributed by atoms with E-state index < -0.39 is 11.3 Å². The van der Waals surface area contributed by atoms with Crippen molar-refractivity contribution in [3.05, 3.63) is 71.3 Å². The zero-order valence-electron chi connectivity index (χ0n) is 14.2. The van der Waals surface area contributed by atoms with E-state index >= 15 is 0 Å². The summed E-state index contributed by atoms with van der Waals surface area (Å²) in [5.74, 6) is -0.133. The van der Waals surface area contributed by atoms with E-state index in [1.165, 1.54) is 6.39 Å². The third kappa shape index (κ3) is 2.70. The molecular formula is C19H19N3O3S. The maximum atomic E-state index is 13.5. The monoisotopic (exact) mass is 369 g/mol. The van der Waals surface area contributed by atoms with Crippen LogP contribution in [0.1, 0.15) is 37.8 Å². The van der Waals surface area contributed by atoms with Gasteiger partial charge < -0.3 is 15.9 Å². The number of anilines is 1. The van der Waals surface area contributed by atoms with Crippen LogP contribution in [0.4, 0.5) is 5.00 Å². The lowest BCUT2D eigenvalue weighted by atomic mass is 9.65. The van der Waals surface area contributed by atoms with E-state index in [-0.39, 0.29) is 16.3 Å². The second-order valence-corrected chi connectivity index (χ2v) is 7.18. The molecule has 0 spiro atoms. The number of ketones is 1. The predicted octanol–water partition coefficient (Wildman–Crippen LogP) is 3.07. The van der Waals surface area contributed by atoms with E-state index in [0.29, 0.717) is 35.5 Å². The molecule has 0 saturated heterocycles. The van der Waals surface area contributed by atoms with Gasteiger partial charge in [0.05, 0.1) is 27.1 Å². The Morgan fingerprint density at radius 2 is 2.23 bits per heavy atom. The molecule has 2 aromatic rings. The quantitative estimate of drug-likeness (QED) is 0.760. The van der Waals surface area contributed by atoms with Crippen LogP contribution in [-0.2, 0) is 12.8 Å². The summed E-state index contributed by atoms with van der Waals surface area (Å²) in [6.07, 6.45) is 9.30. The van der Waals surface area contributed by atoms with Crippen molar-refractivity contribution in [1.82, 2.24) is 4.98 Å². The highest BCUT2D eigenvalue weighted by atomic mass is 32.1. The van der Waals surface area contributed by atoms with Gasteiger partial charge in [-0.05, 0) is 24.0 Å². The highest BCUT2D eigenvalue weighted by molar-refractivity contribution is 7.18. The SMILES string of the molecule is C=C/C=C(\C=C)C1(Cc2cnco2)CCc2c(sc(N)c2C(N)=O)C1=O. The first kappa shape index (κ1) is 17.9. The van der Waals surface area contributed by atoms with Crippen LogP contribution in [0.25, 0.3) is 0 Å². The van der Waals surface area contributed by atoms with Gasteiger partial charge in [-0.1, -0.05) is 31.4 Å². The van der Waals surface area contributed by atoms with Gasteiger partial charge in [0.1, 0.15) is 5.76 Å². The Morgan fingerprint density at radius 3 is 2.81 bits per heavy atom. The standard InChI is InChI=1S/C19H19N3O3S/c1-3-5-11(4-2)19(8-12-9-22-10-25-12)7-6-13-14(17(20)24)18(21)26-15(13)16(19)23/h3-5,9-10H,1-2,6-8,21H2,(H2,20,24)/b11-5+. The number of amides is 1. The number of fused-ring (bicyclic) bond motifs is 1. The molecule has 6 nitrogen and oxygen atoms in total. The number of nitrogens with two attached hydrogens (primary N) is 2. The van der Waals surface area contributed by atoms with Gasteiger partial charge in [0, 0.05) is 6.42 Å². The van der Waals surface area contributed by atoms with Crippen LogP contribution in [-0.4, -0.2) is 16.7 Å². The number of hydrogen-bond acceptors (Lipinski definition) is 6. The van der Waals surface area contributed by atoms with Crippen molar-refractivity contribution in [2.24, 2.45) is 11.1 Å². The van der Waals surface area contributed by atoms with Gasteiger partial charge in [0.25, 0.3) is 5.91 Å². The summed E-state index contributed by atoms with van der Waals surface area (Å²) in [6, 6.07) is 0. The van der Waals surface area contributed by atoms with Gasteiger partial charge in [-0.25, -0.2) is 4.98 Å². The number of carbonyl (C=O) groups excluding carboxylic acids is 2. The van der Waals surface area contributed by atoms with E-state index in [9.17, 15) is 9.59 Å². The van der Waals surface area contributed by atoms with Crippen LogP contribution < -0.4 is 11.5 Å². The predicted molar refractivity (Wildman–Crippen MR) is 101 cm³/mol. The number of hydrogen-bond donors (Lipinski definition) is 2. The first-order valence-electron chi connectivity index (χ1n) is 8.03. The molecule has 1 amide bonds. The Hall–Kier alpha value is -2.93. The highest BCUT2D eigenvalue weighted by Crippen LogP contribution is 2.48. The molecule has 1 aliphatic carbocycles. The van der Waals surface area contributed by atoms with Crippen molar-refractivity contribution < 1.29 is 14.0 Å². The zero-order valence-corrected chi connectivity index (χ0v) is 15.0. The van der Waals surface area contributed by atoms with Gasteiger partial charge in [0.2, 0.25) is 0 Å². The Bertz CT molecular complexity index is 924. The van der Waals surface area contributed by atoms with Crippen molar-refractivity contribution >= 4 is 28.0 Å². The fourth-order valence-corrected chi connectivity index (χ4v) is 4.73. The number of rotatable bonds is 6. The number of nitrogens with zero attached hydrogens (tertiary/aromatic N) is 1. The zero-order chi connectivity index (χ0) is 18.9. The van der Waals surface area contributed by atoms with Crippen LogP contribution >= 0.6 is 11.3 Å². The third-order valence-corrected chi connectivity index (χ3v) is 5.81. The second kappa shape index (κ2) is 6.76. The van der Waals surface area contributed by atoms with Crippen LogP contribution in [0.5, 0.6) is 0 Å². The van der Waals surface area contributed by atoms with E-state index in [1.807, 2.05) is 0 Å². The second-order valence-electron chi connectivity index (χ2n) is 6.13. The molecule has 2 heterocycles. The number of carbonyl (C=O) groups is 2. The number of thiophene rings is 1. The summed E-state index contributed by atoms with van der Waals surface area (Å²) in [7, 11) is 0. The molecule has 7 heteroatoms. The molecule has 0 saturated carbocycles. The van der Waals surface area contributed by atoms with E-state index in [4.69, 9.17) is 15.9 Å². The van der Waals surface area contributed by atoms with Crippen molar-refractivity contribution in [1.29, 1.82) is 0 Å². The topological polar surface area (TPSA) is 112 Å². The minimum atomic E-state index is -0.880. The number of Topliss-reactive ketones (excluding diaryl/α,β-unsaturated/α-hetero) is 1. The lowest BCUT2D eigenvalue weighted by Crippen LogP contribution is -2.39. The summed E-state index contributed by atoms with van der Waals surface area (Å²) in [6.45, 7) is 7.59. The smallest absolute Gasteiger partial charge is 0.251 e. The average molecular weight is 369 g/mol. The molecule has 0 bridgehead atoms. The maximum Gasteiger partial charge on any atom is 0.251 e. The van der Waals surface area contributed by atoms with Gasteiger partial charge in [-0.15, -0.1) is 11.3 Å². The fourth-order valence-electron chi connectivity index (χ4n) is 3.57. The van der Waals surface area contributed by atoms with Crippen molar-refractivity contribution in [3.8, 4) is 0 Å². The Morgan fingerprint density at radius 1 is 1.46 bits per heavy atom. The number of allylic oxidation sites excluding steroid dienone is 4. The summed E-state index contributed by atoms with van der Waals surface area (Å²) >= 11 is 1.11. The molecule has 1 unspecified atom stereocenters. The Balaban J connectivity index is 2.17. The molecule has 0 aliphatic heterocycles. The molecule has 134 valence electrons. The lowest BCUT2D eigenvalue weighted by Gasteiger charge is -2.36. The average Bonchev–Trinajstić information content (AvgIpc) is 3.22. The van der Waals surface area contributed by atoms with Crippen LogP contribution in [0.15, 0.2) is 54.0 Å². The van der Waals surface area contributed by atoms with Crippen LogP contribution in [0, 0.1) is 5.41 Å². The molecule has 3 rings (SSSR count). The molecular weight excluding hydrogens is 350 g/mol. The minimum Gasteiger partial charge on any atom is -0.448 e. The molecule has 26 heavy (non-hydrogen) atoms. The van der Waals surface area contributed by atoms with Crippen LogP contribution in [0.3, 0.4) is 0 Å². The molecule has 4 N–H and O–H groups in total. The molecule has 0 fully saturated rings.